The molecule has 0 aliphatic heterocycles. The Labute approximate surface area is 193 Å². The predicted molar refractivity (Wildman–Crippen MR) is 123 cm³/mol. The number of benzene rings is 1. The number of hydrogen-bond acceptors (Lipinski definition) is 9. The zero-order chi connectivity index (χ0) is 24.5. The maximum Gasteiger partial charge on any atom is 0.267 e. The Morgan fingerprint density at radius 1 is 0.971 bits per heavy atom. The lowest BCUT2D eigenvalue weighted by Gasteiger charge is -2.15. The van der Waals surface area contributed by atoms with Gasteiger partial charge in [-0.3, -0.25) is 4.72 Å². The zero-order valence-corrected chi connectivity index (χ0v) is 19.0. The largest absolute Gasteiger partial charge is 0.480 e. The SMILES string of the molecule is CNc1ncc2cc(-c3cccc(NS(=O)(=O)c4cc(F)cnc4OC)c3F)c(NC)nc2n1. The summed E-state index contributed by atoms with van der Waals surface area (Å²) in [5, 5.41) is 6.27. The van der Waals surface area contributed by atoms with Crippen LogP contribution in [0.1, 0.15) is 0 Å². The lowest BCUT2D eigenvalue weighted by Crippen LogP contribution is -2.16. The molecule has 0 aliphatic carbocycles. The van der Waals surface area contributed by atoms with Crippen LogP contribution in [-0.2, 0) is 10.0 Å². The highest BCUT2D eigenvalue weighted by molar-refractivity contribution is 7.92. The van der Waals surface area contributed by atoms with Crippen molar-refractivity contribution in [1.82, 2.24) is 19.9 Å². The van der Waals surface area contributed by atoms with E-state index in [1.165, 1.54) is 31.5 Å². The molecule has 0 aliphatic rings. The van der Waals surface area contributed by atoms with Gasteiger partial charge in [0, 0.05) is 42.9 Å². The fourth-order valence-electron chi connectivity index (χ4n) is 3.25. The van der Waals surface area contributed by atoms with Gasteiger partial charge in [-0.25, -0.2) is 32.2 Å². The van der Waals surface area contributed by atoms with Gasteiger partial charge in [-0.05, 0) is 12.1 Å². The Kier molecular flexibility index (Phi) is 6.11. The molecule has 0 spiro atoms. The van der Waals surface area contributed by atoms with Crippen molar-refractivity contribution in [3.8, 4) is 17.0 Å². The van der Waals surface area contributed by atoms with E-state index in [1.54, 1.807) is 20.2 Å². The lowest BCUT2D eigenvalue weighted by molar-refractivity contribution is 0.382. The lowest BCUT2D eigenvalue weighted by atomic mass is 10.0. The van der Waals surface area contributed by atoms with Crippen LogP contribution in [0, 0.1) is 11.6 Å². The number of sulfonamides is 1. The Morgan fingerprint density at radius 2 is 1.76 bits per heavy atom. The Hall–Kier alpha value is -4.13. The maximum atomic E-state index is 15.6. The number of aromatic nitrogens is 4. The van der Waals surface area contributed by atoms with Gasteiger partial charge < -0.3 is 15.4 Å². The minimum Gasteiger partial charge on any atom is -0.480 e. The molecule has 0 atom stereocenters. The summed E-state index contributed by atoms with van der Waals surface area (Å²) in [4.78, 5) is 15.9. The normalized spacial score (nSPS) is 11.3. The molecule has 0 unspecified atom stereocenters. The van der Waals surface area contributed by atoms with Crippen molar-refractivity contribution in [2.75, 3.05) is 36.6 Å². The van der Waals surface area contributed by atoms with Crippen LogP contribution in [-0.4, -0.2) is 49.6 Å². The fourth-order valence-corrected chi connectivity index (χ4v) is 4.44. The summed E-state index contributed by atoms with van der Waals surface area (Å²) in [7, 11) is 0.0455. The van der Waals surface area contributed by atoms with Crippen LogP contribution in [0.25, 0.3) is 22.2 Å². The van der Waals surface area contributed by atoms with Crippen LogP contribution < -0.4 is 20.1 Å². The van der Waals surface area contributed by atoms with Gasteiger partial charge in [0.25, 0.3) is 10.0 Å². The first-order valence-corrected chi connectivity index (χ1v) is 11.3. The third-order valence-electron chi connectivity index (χ3n) is 4.83. The predicted octanol–water partition coefficient (Wildman–Crippen LogP) is 3.26. The molecular formula is C21H19F2N7O3S. The van der Waals surface area contributed by atoms with Crippen LogP contribution in [0.2, 0.25) is 0 Å². The third-order valence-corrected chi connectivity index (χ3v) is 6.19. The topological polar surface area (TPSA) is 131 Å². The fraction of sp³-hybridized carbons (Fsp3) is 0.143. The first-order valence-electron chi connectivity index (χ1n) is 9.82. The number of nitrogens with one attached hydrogen (secondary N) is 3. The quantitative estimate of drug-likeness (QED) is 0.359. The van der Waals surface area contributed by atoms with Crippen molar-refractivity contribution in [1.29, 1.82) is 0 Å². The van der Waals surface area contributed by atoms with Crippen LogP contribution in [0.5, 0.6) is 5.88 Å². The number of nitrogens with zero attached hydrogens (tertiary/aromatic N) is 4. The van der Waals surface area contributed by atoms with Gasteiger partial charge in [0.1, 0.15) is 11.6 Å². The maximum absolute atomic E-state index is 15.6. The van der Waals surface area contributed by atoms with Gasteiger partial charge >= 0.3 is 0 Å². The van der Waals surface area contributed by atoms with E-state index >= 15 is 4.39 Å². The van der Waals surface area contributed by atoms with Crippen LogP contribution in [0.3, 0.4) is 0 Å². The van der Waals surface area contributed by atoms with Gasteiger partial charge in [0.05, 0.1) is 19.0 Å². The highest BCUT2D eigenvalue weighted by atomic mass is 32.2. The van der Waals surface area contributed by atoms with E-state index in [1.807, 2.05) is 0 Å². The number of methoxy groups -OCH3 is 1. The number of hydrogen-bond donors (Lipinski definition) is 3. The molecular weight excluding hydrogens is 468 g/mol. The molecule has 3 heterocycles. The molecule has 0 saturated heterocycles. The third kappa shape index (κ3) is 4.24. The number of halogens is 2. The monoisotopic (exact) mass is 487 g/mol. The molecule has 4 aromatic rings. The van der Waals surface area contributed by atoms with Gasteiger partial charge in [0.15, 0.2) is 16.4 Å². The molecule has 13 heteroatoms. The Bertz CT molecular complexity index is 1500. The second-order valence-corrected chi connectivity index (χ2v) is 8.58. The smallest absolute Gasteiger partial charge is 0.267 e. The van der Waals surface area contributed by atoms with E-state index < -0.39 is 26.6 Å². The van der Waals surface area contributed by atoms with Gasteiger partial charge in [0.2, 0.25) is 11.8 Å². The Balaban J connectivity index is 1.80. The van der Waals surface area contributed by atoms with Crippen molar-refractivity contribution < 1.29 is 21.9 Å². The van der Waals surface area contributed by atoms with Gasteiger partial charge in [-0.15, -0.1) is 0 Å². The summed E-state index contributed by atoms with van der Waals surface area (Å²) >= 11 is 0. The average Bonchev–Trinajstić information content (AvgIpc) is 2.84. The summed E-state index contributed by atoms with van der Waals surface area (Å²) in [6, 6.07) is 6.57. The van der Waals surface area contributed by atoms with E-state index in [0.29, 0.717) is 28.4 Å². The molecule has 4 rings (SSSR count). The average molecular weight is 487 g/mol. The number of pyridine rings is 2. The molecule has 0 saturated carbocycles. The van der Waals surface area contributed by atoms with E-state index in [2.05, 4.69) is 35.3 Å². The molecule has 1 aromatic carbocycles. The van der Waals surface area contributed by atoms with Gasteiger partial charge in [-0.2, -0.15) is 4.98 Å². The highest BCUT2D eigenvalue weighted by Crippen LogP contribution is 2.35. The molecule has 34 heavy (non-hydrogen) atoms. The molecule has 0 radical (unpaired) electrons. The first-order chi connectivity index (χ1) is 16.3. The standard InChI is InChI=1S/C21H19F2N7O3S/c1-24-19-14(7-11-9-27-21(25-2)29-18(11)28-19)13-5-4-6-15(17(13)23)30-34(31,32)16-8-12(22)10-26-20(16)33-3/h4-10,30H,1-3H3,(H2,24,25,27,28,29). The molecule has 0 fully saturated rings. The summed E-state index contributed by atoms with van der Waals surface area (Å²) in [6.07, 6.45) is 2.35. The molecule has 0 amide bonds. The van der Waals surface area contributed by atoms with Crippen molar-refractivity contribution >= 4 is 38.5 Å². The number of ether oxygens (including phenoxy) is 1. The number of rotatable bonds is 7. The summed E-state index contributed by atoms with van der Waals surface area (Å²) in [6.45, 7) is 0. The van der Waals surface area contributed by atoms with Crippen LogP contribution >= 0.6 is 0 Å². The summed E-state index contributed by atoms with van der Waals surface area (Å²) < 4.78 is 62.0. The summed E-state index contributed by atoms with van der Waals surface area (Å²) in [5.41, 5.74) is 0.462. The molecule has 0 bridgehead atoms. The number of fused-ring (bicyclic) bond motifs is 1. The molecule has 3 aromatic heterocycles. The Morgan fingerprint density at radius 3 is 2.47 bits per heavy atom. The van der Waals surface area contributed by atoms with E-state index in [0.717, 1.165) is 12.3 Å². The van der Waals surface area contributed by atoms with Gasteiger partial charge in [-0.1, -0.05) is 12.1 Å². The number of anilines is 3. The molecule has 10 nitrogen and oxygen atoms in total. The molecule has 3 N–H and O–H groups in total. The minimum absolute atomic E-state index is 0.0703. The second kappa shape index (κ2) is 9.02. The second-order valence-electron chi connectivity index (χ2n) is 6.92. The zero-order valence-electron chi connectivity index (χ0n) is 18.2. The van der Waals surface area contributed by atoms with Crippen molar-refractivity contribution in [3.05, 3.63) is 54.4 Å². The van der Waals surface area contributed by atoms with Crippen LogP contribution in [0.4, 0.5) is 26.2 Å². The van der Waals surface area contributed by atoms with E-state index in [-0.39, 0.29) is 17.1 Å². The first kappa shape index (κ1) is 23.0. The van der Waals surface area contributed by atoms with Crippen molar-refractivity contribution in [2.24, 2.45) is 0 Å². The van der Waals surface area contributed by atoms with Crippen LogP contribution in [0.15, 0.2) is 47.6 Å². The highest BCUT2D eigenvalue weighted by Gasteiger charge is 2.24. The van der Waals surface area contributed by atoms with Crippen molar-refractivity contribution in [2.45, 2.75) is 4.90 Å². The molecule has 176 valence electrons. The van der Waals surface area contributed by atoms with Crippen molar-refractivity contribution in [3.63, 3.8) is 0 Å². The summed E-state index contributed by atoms with van der Waals surface area (Å²) in [5.74, 6) is -1.38. The minimum atomic E-state index is -4.43. The van der Waals surface area contributed by atoms with E-state index in [4.69, 9.17) is 4.74 Å². The van der Waals surface area contributed by atoms with E-state index in [9.17, 15) is 12.8 Å².